The Balaban J connectivity index is 1.96. The van der Waals surface area contributed by atoms with Gasteiger partial charge in [0.05, 0.1) is 0 Å². The fourth-order valence-electron chi connectivity index (χ4n) is 2.24. The number of hydrogen-bond acceptors (Lipinski definition) is 5. The number of amides is 1. The number of nitrogens with one attached hydrogen (secondary N) is 1. The van der Waals surface area contributed by atoms with Gasteiger partial charge in [-0.1, -0.05) is 24.7 Å². The second-order valence-corrected chi connectivity index (χ2v) is 6.52. The number of nitrogens with two attached hydrogens (primary N) is 1. The van der Waals surface area contributed by atoms with E-state index in [1.54, 1.807) is 0 Å². The molecule has 0 unspecified atom stereocenters. The fourth-order valence-corrected chi connectivity index (χ4v) is 3.07. The molecule has 106 valence electrons. The molecule has 1 saturated carbocycles. The monoisotopic (exact) mass is 282 g/mol. The van der Waals surface area contributed by atoms with Crippen LogP contribution < -0.4 is 16.0 Å². The summed E-state index contributed by atoms with van der Waals surface area (Å²) in [7, 11) is 3.78. The Morgan fingerprint density at radius 3 is 2.68 bits per heavy atom. The van der Waals surface area contributed by atoms with E-state index in [0.29, 0.717) is 16.1 Å². The van der Waals surface area contributed by atoms with Crippen LogP contribution in [0.5, 0.6) is 0 Å². The Kier molecular flexibility index (Phi) is 3.99. The lowest BCUT2D eigenvalue weighted by Gasteiger charge is -2.14. The lowest BCUT2D eigenvalue weighted by molar-refractivity contribution is 0.0948. The number of hydrogen-bond donors (Lipinski definition) is 2. The first-order chi connectivity index (χ1) is 8.97. The van der Waals surface area contributed by atoms with Crippen LogP contribution >= 0.6 is 11.3 Å². The third-order valence-electron chi connectivity index (χ3n) is 3.59. The predicted octanol–water partition coefficient (Wildman–Crippen LogP) is 2.10. The number of aromatic nitrogens is 1. The van der Waals surface area contributed by atoms with E-state index in [1.165, 1.54) is 37.0 Å². The van der Waals surface area contributed by atoms with Crippen molar-refractivity contribution in [1.82, 2.24) is 10.3 Å². The zero-order chi connectivity index (χ0) is 14.0. The summed E-state index contributed by atoms with van der Waals surface area (Å²) in [5.74, 6) is 0.233. The molecule has 1 aliphatic carbocycles. The molecule has 1 aliphatic rings. The van der Waals surface area contributed by atoms with Crippen LogP contribution in [0.2, 0.25) is 0 Å². The van der Waals surface area contributed by atoms with Crippen LogP contribution in [-0.4, -0.2) is 31.5 Å². The lowest BCUT2D eigenvalue weighted by atomic mass is 10.0. The molecule has 0 spiro atoms. The topological polar surface area (TPSA) is 71.2 Å². The fraction of sp³-hybridized carbons (Fsp3) is 0.692. The number of carbonyl (C=O) groups excluding carboxylic acids is 1. The maximum atomic E-state index is 12.1. The molecular weight excluding hydrogens is 260 g/mol. The second-order valence-electron chi connectivity index (χ2n) is 5.54. The normalized spacial score (nSPS) is 16.2. The van der Waals surface area contributed by atoms with Gasteiger partial charge in [0.1, 0.15) is 10.7 Å². The summed E-state index contributed by atoms with van der Waals surface area (Å²) in [4.78, 5) is 18.7. The number of nitrogen functional groups attached to an aromatic ring is 1. The van der Waals surface area contributed by atoms with Crippen molar-refractivity contribution < 1.29 is 4.79 Å². The van der Waals surface area contributed by atoms with Crippen molar-refractivity contribution in [3.8, 4) is 0 Å². The van der Waals surface area contributed by atoms with Crippen LogP contribution in [0.4, 0.5) is 10.9 Å². The minimum Gasteiger partial charge on any atom is -0.382 e. The highest BCUT2D eigenvalue weighted by atomic mass is 32.1. The van der Waals surface area contributed by atoms with Crippen LogP contribution in [0.1, 0.15) is 42.3 Å². The van der Waals surface area contributed by atoms with E-state index in [9.17, 15) is 4.79 Å². The average molecular weight is 282 g/mol. The molecule has 0 aromatic carbocycles. The number of thiazole rings is 1. The Hall–Kier alpha value is -1.30. The molecule has 1 amide bonds. The van der Waals surface area contributed by atoms with Crippen molar-refractivity contribution in [1.29, 1.82) is 0 Å². The third kappa shape index (κ3) is 3.18. The van der Waals surface area contributed by atoms with Gasteiger partial charge in [-0.3, -0.25) is 4.79 Å². The van der Waals surface area contributed by atoms with Crippen LogP contribution in [0.15, 0.2) is 0 Å². The molecule has 0 radical (unpaired) electrons. The smallest absolute Gasteiger partial charge is 0.265 e. The number of anilines is 2. The molecule has 0 aliphatic heterocycles. The van der Waals surface area contributed by atoms with Gasteiger partial charge in [-0.15, -0.1) is 0 Å². The lowest BCUT2D eigenvalue weighted by Crippen LogP contribution is -2.30. The SMILES string of the molecule is CCCC1(CNC(=O)c2sc(N(C)C)nc2N)CC1. The summed E-state index contributed by atoms with van der Waals surface area (Å²) in [5, 5.41) is 3.77. The third-order valence-corrected chi connectivity index (χ3v) is 4.83. The van der Waals surface area contributed by atoms with Crippen molar-refractivity contribution >= 4 is 28.2 Å². The molecule has 1 aromatic rings. The van der Waals surface area contributed by atoms with E-state index in [-0.39, 0.29) is 5.91 Å². The van der Waals surface area contributed by atoms with E-state index in [2.05, 4.69) is 17.2 Å². The Bertz CT molecular complexity index is 465. The van der Waals surface area contributed by atoms with Gasteiger partial charge in [0.2, 0.25) is 0 Å². The summed E-state index contributed by atoms with van der Waals surface area (Å²) in [6.45, 7) is 2.95. The molecule has 3 N–H and O–H groups in total. The Labute approximate surface area is 118 Å². The van der Waals surface area contributed by atoms with Gasteiger partial charge >= 0.3 is 0 Å². The highest BCUT2D eigenvalue weighted by Crippen LogP contribution is 2.49. The maximum Gasteiger partial charge on any atom is 0.265 e. The summed E-state index contributed by atoms with van der Waals surface area (Å²) in [6.07, 6.45) is 4.81. The average Bonchev–Trinajstić information content (AvgIpc) is 3.00. The zero-order valence-electron chi connectivity index (χ0n) is 11.8. The Morgan fingerprint density at radius 1 is 1.53 bits per heavy atom. The molecule has 1 fully saturated rings. The molecule has 5 nitrogen and oxygen atoms in total. The van der Waals surface area contributed by atoms with Gasteiger partial charge in [0, 0.05) is 20.6 Å². The molecule has 6 heteroatoms. The van der Waals surface area contributed by atoms with Gasteiger partial charge in [0.15, 0.2) is 5.13 Å². The Morgan fingerprint density at radius 2 is 2.21 bits per heavy atom. The first-order valence-corrected chi connectivity index (χ1v) is 7.51. The highest BCUT2D eigenvalue weighted by molar-refractivity contribution is 7.18. The summed E-state index contributed by atoms with van der Waals surface area (Å²) in [6, 6.07) is 0. The van der Waals surface area contributed by atoms with Crippen molar-refractivity contribution in [3.05, 3.63) is 4.88 Å². The van der Waals surface area contributed by atoms with Gasteiger partial charge in [-0.25, -0.2) is 4.98 Å². The predicted molar refractivity (Wildman–Crippen MR) is 79.8 cm³/mol. The highest BCUT2D eigenvalue weighted by Gasteiger charge is 2.41. The molecule has 1 heterocycles. The van der Waals surface area contributed by atoms with Gasteiger partial charge < -0.3 is 16.0 Å². The summed E-state index contributed by atoms with van der Waals surface area (Å²) in [5.41, 5.74) is 6.16. The standard InChI is InChI=1S/C13H22N4OS/c1-4-5-13(6-7-13)8-15-11(18)9-10(14)16-12(19-9)17(2)3/h4-8,14H2,1-3H3,(H,15,18). The van der Waals surface area contributed by atoms with E-state index in [1.807, 2.05) is 19.0 Å². The van der Waals surface area contributed by atoms with E-state index >= 15 is 0 Å². The second kappa shape index (κ2) is 5.36. The quantitative estimate of drug-likeness (QED) is 0.838. The molecule has 0 atom stereocenters. The van der Waals surface area contributed by atoms with Crippen molar-refractivity contribution in [2.75, 3.05) is 31.3 Å². The molecular formula is C13H22N4OS. The van der Waals surface area contributed by atoms with Gasteiger partial charge in [-0.2, -0.15) is 0 Å². The maximum absolute atomic E-state index is 12.1. The molecule has 1 aromatic heterocycles. The van der Waals surface area contributed by atoms with E-state index in [4.69, 9.17) is 5.73 Å². The minimum absolute atomic E-state index is 0.0921. The summed E-state index contributed by atoms with van der Waals surface area (Å²) >= 11 is 1.34. The first kappa shape index (κ1) is 14.1. The number of nitrogens with zero attached hydrogens (tertiary/aromatic N) is 2. The first-order valence-electron chi connectivity index (χ1n) is 6.69. The summed E-state index contributed by atoms with van der Waals surface area (Å²) < 4.78 is 0. The van der Waals surface area contributed by atoms with Crippen LogP contribution in [-0.2, 0) is 0 Å². The van der Waals surface area contributed by atoms with E-state index < -0.39 is 0 Å². The van der Waals surface area contributed by atoms with Gasteiger partial charge in [0.25, 0.3) is 5.91 Å². The van der Waals surface area contributed by atoms with Crippen molar-refractivity contribution in [2.45, 2.75) is 32.6 Å². The van der Waals surface area contributed by atoms with Gasteiger partial charge in [-0.05, 0) is 24.7 Å². The van der Waals surface area contributed by atoms with Crippen LogP contribution in [0, 0.1) is 5.41 Å². The molecule has 2 rings (SSSR count). The van der Waals surface area contributed by atoms with E-state index in [0.717, 1.165) is 11.7 Å². The van der Waals surface area contributed by atoms with Crippen molar-refractivity contribution in [2.24, 2.45) is 5.41 Å². The van der Waals surface area contributed by atoms with Crippen LogP contribution in [0.25, 0.3) is 0 Å². The molecule has 0 saturated heterocycles. The number of carbonyl (C=O) groups is 1. The largest absolute Gasteiger partial charge is 0.382 e. The molecule has 0 bridgehead atoms. The van der Waals surface area contributed by atoms with Crippen molar-refractivity contribution in [3.63, 3.8) is 0 Å². The molecule has 19 heavy (non-hydrogen) atoms. The van der Waals surface area contributed by atoms with Crippen LogP contribution in [0.3, 0.4) is 0 Å². The number of rotatable bonds is 6. The zero-order valence-corrected chi connectivity index (χ0v) is 12.6. The minimum atomic E-state index is -0.0921.